The molecule has 2 aromatic carbocycles. The average molecular weight is 312 g/mol. The smallest absolute Gasteiger partial charge is 0.262 e. The van der Waals surface area contributed by atoms with E-state index in [4.69, 9.17) is 0 Å². The zero-order chi connectivity index (χ0) is 16.6. The van der Waals surface area contributed by atoms with Crippen LogP contribution >= 0.6 is 0 Å². The number of hydrogen-bond acceptors (Lipinski definition) is 3. The van der Waals surface area contributed by atoms with Crippen molar-refractivity contribution in [3.8, 4) is 0 Å². The average Bonchev–Trinajstić information content (AvgIpc) is 2.76. The van der Waals surface area contributed by atoms with Gasteiger partial charge in [0, 0.05) is 5.69 Å². The lowest BCUT2D eigenvalue weighted by Crippen LogP contribution is -2.37. The Balaban J connectivity index is 1.73. The quantitative estimate of drug-likeness (QED) is 0.885. The highest BCUT2D eigenvalue weighted by atomic mass is 19.1. The number of halogens is 1. The van der Waals surface area contributed by atoms with Gasteiger partial charge in [-0.2, -0.15) is 0 Å². The van der Waals surface area contributed by atoms with Crippen LogP contribution in [0.1, 0.15) is 26.3 Å². The van der Waals surface area contributed by atoms with E-state index < -0.39 is 30.1 Å². The Morgan fingerprint density at radius 2 is 1.70 bits per heavy atom. The molecule has 0 fully saturated rings. The van der Waals surface area contributed by atoms with Gasteiger partial charge in [0.25, 0.3) is 11.8 Å². The molecule has 3 amide bonds. The maximum atomic E-state index is 13.5. The van der Waals surface area contributed by atoms with Crippen molar-refractivity contribution in [3.63, 3.8) is 0 Å². The van der Waals surface area contributed by atoms with Crippen molar-refractivity contribution in [2.75, 3.05) is 11.9 Å². The third kappa shape index (κ3) is 2.70. The van der Waals surface area contributed by atoms with Crippen molar-refractivity contribution in [2.45, 2.75) is 6.92 Å². The number of benzene rings is 2. The maximum absolute atomic E-state index is 13.5. The minimum absolute atomic E-state index is 0.273. The van der Waals surface area contributed by atoms with E-state index in [0.717, 1.165) is 4.90 Å². The summed E-state index contributed by atoms with van der Waals surface area (Å²) in [6, 6.07) is 10.7. The molecule has 0 saturated heterocycles. The summed E-state index contributed by atoms with van der Waals surface area (Å²) in [6.45, 7) is 1.20. The molecule has 116 valence electrons. The zero-order valence-electron chi connectivity index (χ0n) is 12.3. The van der Waals surface area contributed by atoms with E-state index in [1.54, 1.807) is 37.3 Å². The van der Waals surface area contributed by atoms with Gasteiger partial charge in [0.1, 0.15) is 12.4 Å². The van der Waals surface area contributed by atoms with Crippen molar-refractivity contribution >= 4 is 23.4 Å². The summed E-state index contributed by atoms with van der Waals surface area (Å²) in [6.07, 6.45) is 0. The Bertz CT molecular complexity index is 797. The number of carbonyl (C=O) groups is 3. The van der Waals surface area contributed by atoms with Crippen molar-refractivity contribution in [3.05, 3.63) is 65.0 Å². The van der Waals surface area contributed by atoms with E-state index in [9.17, 15) is 18.8 Å². The molecule has 0 unspecified atom stereocenters. The van der Waals surface area contributed by atoms with Gasteiger partial charge in [0.15, 0.2) is 0 Å². The Morgan fingerprint density at radius 3 is 2.26 bits per heavy atom. The van der Waals surface area contributed by atoms with Crippen LogP contribution in [0.25, 0.3) is 0 Å². The number of imide groups is 1. The summed E-state index contributed by atoms with van der Waals surface area (Å²) in [7, 11) is 0. The molecule has 2 aromatic rings. The Hall–Kier alpha value is -3.02. The van der Waals surface area contributed by atoms with Crippen LogP contribution in [0, 0.1) is 12.7 Å². The molecule has 0 radical (unpaired) electrons. The van der Waals surface area contributed by atoms with Crippen LogP contribution in [0.3, 0.4) is 0 Å². The number of rotatable bonds is 3. The first-order chi connectivity index (χ1) is 11.0. The second kappa shape index (κ2) is 5.64. The van der Waals surface area contributed by atoms with Crippen molar-refractivity contribution in [1.29, 1.82) is 0 Å². The zero-order valence-corrected chi connectivity index (χ0v) is 12.3. The fourth-order valence-electron chi connectivity index (χ4n) is 2.40. The highest BCUT2D eigenvalue weighted by Crippen LogP contribution is 2.22. The molecule has 1 aliphatic heterocycles. The number of carbonyl (C=O) groups excluding carboxylic acids is 3. The molecule has 5 nitrogen and oxygen atoms in total. The molecule has 23 heavy (non-hydrogen) atoms. The number of anilines is 1. The molecule has 1 N–H and O–H groups in total. The Labute approximate surface area is 131 Å². The molecule has 1 aliphatic rings. The van der Waals surface area contributed by atoms with Crippen LogP contribution < -0.4 is 5.32 Å². The molecule has 3 rings (SSSR count). The number of amides is 3. The lowest BCUT2D eigenvalue weighted by atomic mass is 10.1. The standard InChI is InChI=1S/C17H13FN2O3/c1-10-6-7-11(8-14(10)18)19-15(21)9-20-16(22)12-4-2-3-5-13(12)17(20)23/h2-8H,9H2,1H3,(H,19,21). The fourth-order valence-corrected chi connectivity index (χ4v) is 2.40. The van der Waals surface area contributed by atoms with Crippen LogP contribution in [0.4, 0.5) is 10.1 Å². The molecule has 0 aromatic heterocycles. The van der Waals surface area contributed by atoms with Crippen LogP contribution in [-0.2, 0) is 4.79 Å². The number of nitrogens with one attached hydrogen (secondary N) is 1. The SMILES string of the molecule is Cc1ccc(NC(=O)CN2C(=O)c3ccccc3C2=O)cc1F. The minimum Gasteiger partial charge on any atom is -0.324 e. The van der Waals surface area contributed by atoms with Gasteiger partial charge in [-0.25, -0.2) is 4.39 Å². The minimum atomic E-state index is -0.567. The lowest BCUT2D eigenvalue weighted by Gasteiger charge is -2.13. The predicted molar refractivity (Wildman–Crippen MR) is 81.6 cm³/mol. The summed E-state index contributed by atoms with van der Waals surface area (Å²) in [5, 5.41) is 2.48. The van der Waals surface area contributed by atoms with E-state index in [2.05, 4.69) is 5.32 Å². The second-order valence-electron chi connectivity index (χ2n) is 5.25. The van der Waals surface area contributed by atoms with Crippen molar-refractivity contribution in [2.24, 2.45) is 0 Å². The van der Waals surface area contributed by atoms with Gasteiger partial charge in [0.05, 0.1) is 11.1 Å². The van der Waals surface area contributed by atoms with Crippen LogP contribution in [0.2, 0.25) is 0 Å². The molecule has 0 spiro atoms. The van der Waals surface area contributed by atoms with Crippen LogP contribution in [0.5, 0.6) is 0 Å². The summed E-state index contributed by atoms with van der Waals surface area (Å²) >= 11 is 0. The van der Waals surface area contributed by atoms with E-state index in [-0.39, 0.29) is 16.8 Å². The second-order valence-corrected chi connectivity index (χ2v) is 5.25. The topological polar surface area (TPSA) is 66.5 Å². The highest BCUT2D eigenvalue weighted by molar-refractivity contribution is 6.22. The first-order valence-corrected chi connectivity index (χ1v) is 6.98. The van der Waals surface area contributed by atoms with E-state index in [0.29, 0.717) is 5.56 Å². The van der Waals surface area contributed by atoms with Gasteiger partial charge in [-0.3, -0.25) is 19.3 Å². The van der Waals surface area contributed by atoms with Gasteiger partial charge >= 0.3 is 0 Å². The molecule has 0 bridgehead atoms. The number of nitrogens with zero attached hydrogens (tertiary/aromatic N) is 1. The van der Waals surface area contributed by atoms with Gasteiger partial charge in [-0.05, 0) is 36.8 Å². The van der Waals surface area contributed by atoms with Crippen LogP contribution in [0.15, 0.2) is 42.5 Å². The summed E-state index contributed by atoms with van der Waals surface area (Å²) in [5.41, 5.74) is 1.30. The molecule has 0 aliphatic carbocycles. The van der Waals surface area contributed by atoms with Crippen molar-refractivity contribution < 1.29 is 18.8 Å². The Kier molecular flexibility index (Phi) is 3.65. The van der Waals surface area contributed by atoms with E-state index in [1.165, 1.54) is 12.1 Å². The maximum Gasteiger partial charge on any atom is 0.262 e. The summed E-state index contributed by atoms with van der Waals surface area (Å²) in [5.74, 6) is -2.02. The highest BCUT2D eigenvalue weighted by Gasteiger charge is 2.36. The number of aryl methyl sites for hydroxylation is 1. The number of hydrogen-bond donors (Lipinski definition) is 1. The van der Waals surface area contributed by atoms with Gasteiger partial charge in [0.2, 0.25) is 5.91 Å². The predicted octanol–water partition coefficient (Wildman–Crippen LogP) is 2.37. The van der Waals surface area contributed by atoms with E-state index >= 15 is 0 Å². The van der Waals surface area contributed by atoms with E-state index in [1.807, 2.05) is 0 Å². The molecule has 1 heterocycles. The third-order valence-electron chi connectivity index (χ3n) is 3.64. The fraction of sp³-hybridized carbons (Fsp3) is 0.118. The largest absolute Gasteiger partial charge is 0.324 e. The normalized spacial score (nSPS) is 13.2. The molecule has 6 heteroatoms. The Morgan fingerprint density at radius 1 is 1.09 bits per heavy atom. The molecular weight excluding hydrogens is 299 g/mol. The molecular formula is C17H13FN2O3. The van der Waals surface area contributed by atoms with Gasteiger partial charge in [-0.15, -0.1) is 0 Å². The first kappa shape index (κ1) is 14.9. The summed E-state index contributed by atoms with van der Waals surface area (Å²) in [4.78, 5) is 37.2. The third-order valence-corrected chi connectivity index (χ3v) is 3.64. The van der Waals surface area contributed by atoms with Gasteiger partial charge in [-0.1, -0.05) is 18.2 Å². The monoisotopic (exact) mass is 312 g/mol. The number of fused-ring (bicyclic) bond motifs is 1. The summed E-state index contributed by atoms with van der Waals surface area (Å²) < 4.78 is 13.5. The lowest BCUT2D eigenvalue weighted by molar-refractivity contribution is -0.116. The first-order valence-electron chi connectivity index (χ1n) is 6.98. The van der Waals surface area contributed by atoms with Gasteiger partial charge < -0.3 is 5.32 Å². The molecule has 0 saturated carbocycles. The molecule has 0 atom stereocenters. The van der Waals surface area contributed by atoms with Crippen LogP contribution in [-0.4, -0.2) is 29.2 Å². The van der Waals surface area contributed by atoms with Crippen molar-refractivity contribution in [1.82, 2.24) is 4.90 Å².